The number of carbonyl (C=O) groups is 1. The Hall–Kier alpha value is -5.30. The third kappa shape index (κ3) is 5.28. The molecule has 2 atom stereocenters. The van der Waals surface area contributed by atoms with Gasteiger partial charge in [0.2, 0.25) is 5.78 Å². The zero-order valence-corrected chi connectivity index (χ0v) is 28.6. The first-order valence-corrected chi connectivity index (χ1v) is 17.1. The molecule has 248 valence electrons. The van der Waals surface area contributed by atoms with Crippen molar-refractivity contribution in [1.82, 2.24) is 4.57 Å². The first-order valence-electron chi connectivity index (χ1n) is 17.1. The molecule has 0 bridgehead atoms. The largest absolute Gasteiger partial charge is 0.495 e. The quantitative estimate of drug-likeness (QED) is 0.113. The number of hydrogen-bond donors (Lipinski definition) is 0. The van der Waals surface area contributed by atoms with Gasteiger partial charge in [-0.15, -0.1) is 0 Å². The molecule has 8 rings (SSSR count). The van der Waals surface area contributed by atoms with E-state index in [2.05, 4.69) is 87.7 Å². The molecule has 49 heavy (non-hydrogen) atoms. The number of anilines is 1. The fourth-order valence-electron chi connectivity index (χ4n) is 8.43. The van der Waals surface area contributed by atoms with Crippen molar-refractivity contribution in [2.75, 3.05) is 39.3 Å². The van der Waals surface area contributed by atoms with E-state index in [1.807, 2.05) is 30.3 Å². The van der Waals surface area contributed by atoms with Crippen LogP contribution in [0.25, 0.3) is 21.8 Å². The van der Waals surface area contributed by atoms with Gasteiger partial charge in [0.15, 0.2) is 29.1 Å². The molecule has 0 fully saturated rings. The van der Waals surface area contributed by atoms with Gasteiger partial charge in [-0.1, -0.05) is 60.7 Å². The first-order chi connectivity index (χ1) is 24.0. The zero-order chi connectivity index (χ0) is 33.6. The number of methoxy groups -OCH3 is 3. The number of Topliss-reactive ketones (excluding diaryl/α,β-unsaturated/α-hetero) is 1. The lowest BCUT2D eigenvalue weighted by Crippen LogP contribution is -2.40. The summed E-state index contributed by atoms with van der Waals surface area (Å²) in [4.78, 5) is 16.2. The minimum atomic E-state index is 0.112. The van der Waals surface area contributed by atoms with Crippen LogP contribution in [-0.2, 0) is 19.5 Å². The molecular formula is C42H42N3O4+. The average molecular weight is 653 g/mol. The first kappa shape index (κ1) is 31.0. The minimum absolute atomic E-state index is 0.112. The number of ketones is 1. The summed E-state index contributed by atoms with van der Waals surface area (Å²) in [5.74, 6) is 4.40. The number of carbonyl (C=O) groups excluding carboxylic acids is 1. The molecule has 0 amide bonds. The second kappa shape index (κ2) is 12.6. The molecule has 0 unspecified atom stereocenters. The van der Waals surface area contributed by atoms with Crippen LogP contribution < -0.4 is 23.7 Å². The highest BCUT2D eigenvalue weighted by Gasteiger charge is 2.42. The van der Waals surface area contributed by atoms with Crippen LogP contribution in [-0.4, -0.2) is 44.8 Å². The highest BCUT2D eigenvalue weighted by molar-refractivity contribution is 5.99. The standard InChI is InChI=1S/C42H42N3O4/c1-27-44(35-14-7-8-15-36(35)45(27)26-37(46)30-18-17-28-11-5-6-12-29(28)21-30)20-10-19-43-25-32-22-31-23-39(48-3)40(49-4)24-34(31)41(32)33-13-9-16-38(47-2)42(33)43/h5-9,11-18,21,23-24,32,41H,10,19-20,22,25-26H2,1-4H3/q+1/t32-,41-/m0/s1. The van der Waals surface area contributed by atoms with Crippen molar-refractivity contribution in [2.45, 2.75) is 38.8 Å². The van der Waals surface area contributed by atoms with Crippen LogP contribution in [0.15, 0.2) is 97.1 Å². The maximum absolute atomic E-state index is 13.6. The van der Waals surface area contributed by atoms with E-state index in [0.717, 1.165) is 82.9 Å². The molecular weight excluding hydrogens is 610 g/mol. The molecule has 0 N–H and O–H groups in total. The fourth-order valence-corrected chi connectivity index (χ4v) is 8.43. The van der Waals surface area contributed by atoms with Gasteiger partial charge in [-0.05, 0) is 76.2 Å². The van der Waals surface area contributed by atoms with E-state index in [4.69, 9.17) is 14.2 Å². The normalized spacial score (nSPS) is 16.4. The molecule has 2 aliphatic rings. The summed E-state index contributed by atoms with van der Waals surface area (Å²) in [6.45, 7) is 5.11. The molecule has 1 aliphatic carbocycles. The van der Waals surface area contributed by atoms with Crippen molar-refractivity contribution in [3.8, 4) is 17.2 Å². The number of aromatic nitrogens is 2. The fraction of sp³-hybridized carbons (Fsp3) is 0.286. The second-order valence-corrected chi connectivity index (χ2v) is 13.3. The molecule has 7 nitrogen and oxygen atoms in total. The van der Waals surface area contributed by atoms with Gasteiger partial charge in [-0.2, -0.15) is 0 Å². The SMILES string of the molecule is COc1cc2c(cc1OC)[C@@H]1c3cccc(OC)c3N(CCCn3c(C)[n+](CC(=O)c4ccc5ccccc5c4)c4ccccc43)C[C@@H]1C2. The monoisotopic (exact) mass is 652 g/mol. The zero-order valence-electron chi connectivity index (χ0n) is 28.6. The molecule has 5 aromatic carbocycles. The summed E-state index contributed by atoms with van der Waals surface area (Å²) in [5.41, 5.74) is 8.14. The lowest BCUT2D eigenvalue weighted by Gasteiger charge is -2.39. The number of hydrogen-bond acceptors (Lipinski definition) is 5. The van der Waals surface area contributed by atoms with Crippen molar-refractivity contribution in [3.63, 3.8) is 0 Å². The summed E-state index contributed by atoms with van der Waals surface area (Å²) in [6, 6.07) is 33.4. The smallest absolute Gasteiger partial charge is 0.254 e. The average Bonchev–Trinajstić information content (AvgIpc) is 3.63. The van der Waals surface area contributed by atoms with Gasteiger partial charge in [-0.3, -0.25) is 4.79 Å². The molecule has 0 saturated carbocycles. The summed E-state index contributed by atoms with van der Waals surface area (Å²) in [5, 5.41) is 2.22. The molecule has 6 aromatic rings. The van der Waals surface area contributed by atoms with Gasteiger partial charge < -0.3 is 19.1 Å². The van der Waals surface area contributed by atoms with E-state index < -0.39 is 0 Å². The summed E-state index contributed by atoms with van der Waals surface area (Å²) >= 11 is 0. The lowest BCUT2D eigenvalue weighted by atomic mass is 9.81. The predicted molar refractivity (Wildman–Crippen MR) is 194 cm³/mol. The van der Waals surface area contributed by atoms with Gasteiger partial charge >= 0.3 is 0 Å². The molecule has 7 heteroatoms. The number of fused-ring (bicyclic) bond motifs is 7. The number of ether oxygens (including phenoxy) is 3. The Kier molecular flexibility index (Phi) is 7.98. The van der Waals surface area contributed by atoms with Crippen LogP contribution in [0, 0.1) is 12.8 Å². The number of nitrogens with zero attached hydrogens (tertiary/aromatic N) is 3. The maximum atomic E-state index is 13.6. The molecule has 2 heterocycles. The van der Waals surface area contributed by atoms with Gasteiger partial charge in [0.1, 0.15) is 5.75 Å². The Bertz CT molecular complexity index is 2220. The third-order valence-corrected chi connectivity index (χ3v) is 10.7. The Morgan fingerprint density at radius 2 is 1.53 bits per heavy atom. The van der Waals surface area contributed by atoms with Crippen molar-refractivity contribution >= 4 is 33.3 Å². The Labute approximate surface area is 287 Å². The maximum Gasteiger partial charge on any atom is 0.254 e. The Balaban J connectivity index is 1.06. The van der Waals surface area contributed by atoms with Crippen LogP contribution in [0.4, 0.5) is 5.69 Å². The Morgan fingerprint density at radius 1 is 0.776 bits per heavy atom. The van der Waals surface area contributed by atoms with Crippen molar-refractivity contribution < 1.29 is 23.6 Å². The minimum Gasteiger partial charge on any atom is -0.495 e. The van der Waals surface area contributed by atoms with Crippen molar-refractivity contribution in [2.24, 2.45) is 5.92 Å². The number of aryl methyl sites for hydroxylation is 1. The highest BCUT2D eigenvalue weighted by Crippen LogP contribution is 2.53. The molecule has 0 radical (unpaired) electrons. The van der Waals surface area contributed by atoms with E-state index in [1.165, 1.54) is 22.4 Å². The van der Waals surface area contributed by atoms with Crippen molar-refractivity contribution in [1.29, 1.82) is 0 Å². The van der Waals surface area contributed by atoms with E-state index in [-0.39, 0.29) is 11.7 Å². The molecule has 1 aliphatic heterocycles. The van der Waals surface area contributed by atoms with Crippen LogP contribution in [0.3, 0.4) is 0 Å². The van der Waals surface area contributed by atoms with Crippen LogP contribution in [0.2, 0.25) is 0 Å². The number of para-hydroxylation sites is 3. The van der Waals surface area contributed by atoms with Crippen LogP contribution >= 0.6 is 0 Å². The Morgan fingerprint density at radius 3 is 2.35 bits per heavy atom. The summed E-state index contributed by atoms with van der Waals surface area (Å²) in [7, 11) is 5.17. The van der Waals surface area contributed by atoms with Gasteiger partial charge in [0, 0.05) is 37.9 Å². The number of rotatable bonds is 10. The van der Waals surface area contributed by atoms with E-state index in [0.29, 0.717) is 12.5 Å². The predicted octanol–water partition coefficient (Wildman–Crippen LogP) is 7.51. The highest BCUT2D eigenvalue weighted by atomic mass is 16.5. The van der Waals surface area contributed by atoms with E-state index in [9.17, 15) is 4.79 Å². The van der Waals surface area contributed by atoms with E-state index in [1.54, 1.807) is 21.3 Å². The van der Waals surface area contributed by atoms with Crippen molar-refractivity contribution in [3.05, 3.63) is 125 Å². The van der Waals surface area contributed by atoms with Gasteiger partial charge in [0.25, 0.3) is 5.82 Å². The number of benzene rings is 5. The summed E-state index contributed by atoms with van der Waals surface area (Å²) < 4.78 is 21.9. The second-order valence-electron chi connectivity index (χ2n) is 13.3. The molecule has 0 spiro atoms. The summed E-state index contributed by atoms with van der Waals surface area (Å²) in [6.07, 6.45) is 1.95. The topological polar surface area (TPSA) is 56.8 Å². The van der Waals surface area contributed by atoms with Crippen LogP contribution in [0.5, 0.6) is 17.2 Å². The third-order valence-electron chi connectivity index (χ3n) is 10.7. The van der Waals surface area contributed by atoms with Crippen LogP contribution in [0.1, 0.15) is 45.2 Å². The molecule has 1 aromatic heterocycles. The van der Waals surface area contributed by atoms with Gasteiger partial charge in [0.05, 0.1) is 33.6 Å². The number of imidazole rings is 1. The molecule has 0 saturated heterocycles. The van der Waals surface area contributed by atoms with E-state index >= 15 is 0 Å². The lowest BCUT2D eigenvalue weighted by molar-refractivity contribution is -0.664. The van der Waals surface area contributed by atoms with Gasteiger partial charge in [-0.25, -0.2) is 9.13 Å².